The van der Waals surface area contributed by atoms with Crippen molar-refractivity contribution in [3.8, 4) is 0 Å². The van der Waals surface area contributed by atoms with Crippen LogP contribution in [0.25, 0.3) is 0 Å². The highest BCUT2D eigenvalue weighted by Gasteiger charge is 2.45. The predicted molar refractivity (Wildman–Crippen MR) is 85.9 cm³/mol. The summed E-state index contributed by atoms with van der Waals surface area (Å²) in [4.78, 5) is 15.2. The van der Waals surface area contributed by atoms with Gasteiger partial charge in [-0.2, -0.15) is 0 Å². The molecule has 1 N–H and O–H groups in total. The van der Waals surface area contributed by atoms with Crippen molar-refractivity contribution in [1.82, 2.24) is 4.90 Å². The van der Waals surface area contributed by atoms with Crippen LogP contribution in [-0.2, 0) is 4.74 Å². The van der Waals surface area contributed by atoms with E-state index in [0.717, 1.165) is 50.1 Å². The maximum absolute atomic E-state index is 13.1. The Kier molecular flexibility index (Phi) is 3.57. The van der Waals surface area contributed by atoms with Crippen LogP contribution in [0.5, 0.6) is 0 Å². The fourth-order valence-electron chi connectivity index (χ4n) is 4.22. The molecule has 22 heavy (non-hydrogen) atoms. The zero-order chi connectivity index (χ0) is 15.0. The summed E-state index contributed by atoms with van der Waals surface area (Å²) in [5.74, 6) is 0.173. The van der Waals surface area contributed by atoms with Crippen molar-refractivity contribution < 1.29 is 9.53 Å². The molecule has 1 spiro atoms. The quantitative estimate of drug-likeness (QED) is 0.910. The first-order valence-corrected chi connectivity index (χ1v) is 8.59. The summed E-state index contributed by atoms with van der Waals surface area (Å²) in [6.45, 7) is 1.56. The molecule has 2 fully saturated rings. The van der Waals surface area contributed by atoms with Crippen LogP contribution >= 0.6 is 0 Å². The summed E-state index contributed by atoms with van der Waals surface area (Å²) in [5, 5.41) is 3.72. The van der Waals surface area contributed by atoms with Gasteiger partial charge in [0.15, 0.2) is 0 Å². The molecule has 4 rings (SSSR count). The molecule has 0 bridgehead atoms. The molecular weight excluding hydrogens is 276 g/mol. The van der Waals surface area contributed by atoms with E-state index in [0.29, 0.717) is 0 Å². The van der Waals surface area contributed by atoms with Gasteiger partial charge in [0.2, 0.25) is 0 Å². The van der Waals surface area contributed by atoms with Crippen molar-refractivity contribution in [3.63, 3.8) is 0 Å². The molecule has 1 aromatic rings. The Morgan fingerprint density at radius 2 is 2.00 bits per heavy atom. The number of carbonyl (C=O) groups excluding carboxylic acids is 1. The zero-order valence-corrected chi connectivity index (χ0v) is 13.0. The summed E-state index contributed by atoms with van der Waals surface area (Å²) in [6.07, 6.45) is 8.11. The fraction of sp³-hybridized carbons (Fsp3) is 0.611. The number of benzene rings is 1. The average molecular weight is 300 g/mol. The third kappa shape index (κ3) is 2.30. The van der Waals surface area contributed by atoms with Gasteiger partial charge in [0.1, 0.15) is 5.66 Å². The van der Waals surface area contributed by atoms with Gasteiger partial charge in [0.05, 0.1) is 11.7 Å². The Morgan fingerprint density at radius 3 is 2.77 bits per heavy atom. The second-order valence-corrected chi connectivity index (χ2v) is 6.81. The van der Waals surface area contributed by atoms with Crippen LogP contribution in [0, 0.1) is 0 Å². The number of amides is 1. The standard InChI is InChI=1S/C18H24N2O2/c21-17-15-8-2-3-9-16(15)19-18(10-4-1-5-11-18)20(17)13-14-7-6-12-22-14/h2-3,8-9,14,19H,1,4-7,10-13H2/t14-/m0/s1. The monoisotopic (exact) mass is 300 g/mol. The SMILES string of the molecule is O=C1c2ccccc2NC2(CCCCC2)N1C[C@@H]1CCCO1. The smallest absolute Gasteiger partial charge is 0.257 e. The van der Waals surface area contributed by atoms with Crippen LogP contribution < -0.4 is 5.32 Å². The minimum absolute atomic E-state index is 0.173. The van der Waals surface area contributed by atoms with E-state index >= 15 is 0 Å². The molecule has 0 unspecified atom stereocenters. The molecule has 3 aliphatic rings. The number of rotatable bonds is 2. The molecule has 2 heterocycles. The van der Waals surface area contributed by atoms with Crippen molar-refractivity contribution in [3.05, 3.63) is 29.8 Å². The fourth-order valence-corrected chi connectivity index (χ4v) is 4.22. The molecule has 0 radical (unpaired) electrons. The Bertz CT molecular complexity index is 560. The Morgan fingerprint density at radius 1 is 1.18 bits per heavy atom. The Balaban J connectivity index is 1.69. The Hall–Kier alpha value is -1.55. The van der Waals surface area contributed by atoms with E-state index in [4.69, 9.17) is 4.74 Å². The number of fused-ring (bicyclic) bond motifs is 1. The first kappa shape index (κ1) is 14.1. The highest BCUT2D eigenvalue weighted by atomic mass is 16.5. The number of anilines is 1. The van der Waals surface area contributed by atoms with Crippen LogP contribution in [0.15, 0.2) is 24.3 Å². The number of para-hydroxylation sites is 1. The number of nitrogens with one attached hydrogen (secondary N) is 1. The summed E-state index contributed by atoms with van der Waals surface area (Å²) in [5.41, 5.74) is 1.60. The lowest BCUT2D eigenvalue weighted by Gasteiger charge is -2.51. The topological polar surface area (TPSA) is 41.6 Å². The lowest BCUT2D eigenvalue weighted by molar-refractivity contribution is 0.0108. The van der Waals surface area contributed by atoms with Gasteiger partial charge >= 0.3 is 0 Å². The van der Waals surface area contributed by atoms with Gasteiger partial charge in [0, 0.05) is 18.8 Å². The summed E-state index contributed by atoms with van der Waals surface area (Å²) < 4.78 is 5.80. The summed E-state index contributed by atoms with van der Waals surface area (Å²) >= 11 is 0. The highest BCUT2D eigenvalue weighted by molar-refractivity contribution is 6.02. The van der Waals surface area contributed by atoms with E-state index in [1.54, 1.807) is 0 Å². The number of carbonyl (C=O) groups is 1. The average Bonchev–Trinajstić information content (AvgIpc) is 3.06. The van der Waals surface area contributed by atoms with Gasteiger partial charge in [-0.05, 0) is 50.7 Å². The minimum Gasteiger partial charge on any atom is -0.376 e. The van der Waals surface area contributed by atoms with Gasteiger partial charge < -0.3 is 15.0 Å². The molecule has 118 valence electrons. The van der Waals surface area contributed by atoms with E-state index in [9.17, 15) is 4.79 Å². The minimum atomic E-state index is -0.199. The van der Waals surface area contributed by atoms with Crippen LogP contribution in [0.2, 0.25) is 0 Å². The number of ether oxygens (including phenoxy) is 1. The van der Waals surface area contributed by atoms with Crippen LogP contribution in [0.3, 0.4) is 0 Å². The molecule has 0 aromatic heterocycles. The van der Waals surface area contributed by atoms with E-state index < -0.39 is 0 Å². The van der Waals surface area contributed by atoms with Crippen molar-refractivity contribution in [2.45, 2.75) is 56.7 Å². The summed E-state index contributed by atoms with van der Waals surface area (Å²) in [7, 11) is 0. The molecule has 1 saturated heterocycles. The summed E-state index contributed by atoms with van der Waals surface area (Å²) in [6, 6.07) is 7.92. The van der Waals surface area contributed by atoms with Gasteiger partial charge in [-0.25, -0.2) is 0 Å². The number of hydrogen-bond donors (Lipinski definition) is 1. The first-order chi connectivity index (χ1) is 10.8. The molecule has 4 heteroatoms. The van der Waals surface area contributed by atoms with Gasteiger partial charge in [-0.1, -0.05) is 18.6 Å². The molecular formula is C18H24N2O2. The molecule has 1 amide bonds. The largest absolute Gasteiger partial charge is 0.376 e. The molecule has 1 aromatic carbocycles. The van der Waals surface area contributed by atoms with Gasteiger partial charge in [-0.15, -0.1) is 0 Å². The number of nitrogens with zero attached hydrogens (tertiary/aromatic N) is 1. The third-order valence-corrected chi connectivity index (χ3v) is 5.38. The second kappa shape index (κ2) is 5.58. The van der Waals surface area contributed by atoms with Gasteiger partial charge in [-0.3, -0.25) is 4.79 Å². The van der Waals surface area contributed by atoms with Crippen molar-refractivity contribution in [1.29, 1.82) is 0 Å². The maximum atomic E-state index is 13.1. The third-order valence-electron chi connectivity index (χ3n) is 5.38. The Labute approximate surface area is 131 Å². The normalized spacial score (nSPS) is 26.8. The molecule has 1 saturated carbocycles. The van der Waals surface area contributed by atoms with Crippen molar-refractivity contribution in [2.24, 2.45) is 0 Å². The number of hydrogen-bond acceptors (Lipinski definition) is 3. The second-order valence-electron chi connectivity index (χ2n) is 6.81. The molecule has 1 atom stereocenters. The van der Waals surface area contributed by atoms with Gasteiger partial charge in [0.25, 0.3) is 5.91 Å². The highest BCUT2D eigenvalue weighted by Crippen LogP contribution is 2.40. The zero-order valence-electron chi connectivity index (χ0n) is 13.0. The van der Waals surface area contributed by atoms with Crippen LogP contribution in [-0.4, -0.2) is 35.7 Å². The van der Waals surface area contributed by atoms with E-state index in [2.05, 4.69) is 10.2 Å². The molecule has 2 aliphatic heterocycles. The van der Waals surface area contributed by atoms with E-state index in [-0.39, 0.29) is 17.7 Å². The molecule has 1 aliphatic carbocycles. The first-order valence-electron chi connectivity index (χ1n) is 8.59. The maximum Gasteiger partial charge on any atom is 0.257 e. The molecule has 4 nitrogen and oxygen atoms in total. The van der Waals surface area contributed by atoms with E-state index in [1.807, 2.05) is 24.3 Å². The lowest BCUT2D eigenvalue weighted by Crippen LogP contribution is -2.62. The van der Waals surface area contributed by atoms with Crippen molar-refractivity contribution >= 4 is 11.6 Å². The predicted octanol–water partition coefficient (Wildman–Crippen LogP) is 3.39. The van der Waals surface area contributed by atoms with Crippen LogP contribution in [0.1, 0.15) is 55.3 Å². The van der Waals surface area contributed by atoms with Crippen molar-refractivity contribution in [2.75, 3.05) is 18.5 Å². The lowest BCUT2D eigenvalue weighted by atomic mass is 9.84. The van der Waals surface area contributed by atoms with E-state index in [1.165, 1.54) is 19.3 Å². The van der Waals surface area contributed by atoms with Crippen LogP contribution in [0.4, 0.5) is 5.69 Å².